The van der Waals surface area contributed by atoms with Gasteiger partial charge in [0.2, 0.25) is 5.91 Å². The van der Waals surface area contributed by atoms with E-state index in [-0.39, 0.29) is 24.5 Å². The Kier molecular flexibility index (Phi) is 6.57. The number of ether oxygens (including phenoxy) is 1. The number of Topliss-reactive ketones (excluding diaryl/α,β-unsaturated/α-hetero) is 1. The Bertz CT molecular complexity index is 918. The maximum Gasteiger partial charge on any atom is 0.226 e. The molecule has 0 saturated heterocycles. The number of ketones is 1. The van der Waals surface area contributed by atoms with Gasteiger partial charge in [0.25, 0.3) is 0 Å². The fourth-order valence-electron chi connectivity index (χ4n) is 2.65. The molecule has 6 nitrogen and oxygen atoms in total. The van der Waals surface area contributed by atoms with Crippen LogP contribution in [0.1, 0.15) is 36.5 Å². The Balaban J connectivity index is 1.49. The number of carbonyl (C=O) groups excluding carboxylic acids is 2. The number of anilines is 1. The third kappa shape index (κ3) is 5.30. The normalized spacial score (nSPS) is 10.5. The van der Waals surface area contributed by atoms with E-state index in [2.05, 4.69) is 10.4 Å². The average Bonchev–Trinajstić information content (AvgIpc) is 3.20. The third-order valence-electron chi connectivity index (χ3n) is 4.11. The van der Waals surface area contributed by atoms with Gasteiger partial charge in [-0.2, -0.15) is 5.10 Å². The fraction of sp³-hybridized carbons (Fsp3) is 0.227. The molecule has 3 rings (SSSR count). The second kappa shape index (κ2) is 9.50. The monoisotopic (exact) mass is 377 g/mol. The lowest BCUT2D eigenvalue weighted by Gasteiger charge is -2.06. The fourth-order valence-corrected chi connectivity index (χ4v) is 2.65. The molecule has 6 heteroatoms. The smallest absolute Gasteiger partial charge is 0.226 e. The van der Waals surface area contributed by atoms with Gasteiger partial charge in [-0.15, -0.1) is 0 Å². The van der Waals surface area contributed by atoms with E-state index in [0.717, 1.165) is 17.9 Å². The van der Waals surface area contributed by atoms with Gasteiger partial charge in [-0.1, -0.05) is 25.1 Å². The van der Waals surface area contributed by atoms with Gasteiger partial charge in [0.1, 0.15) is 5.75 Å². The summed E-state index contributed by atoms with van der Waals surface area (Å²) in [5.74, 6) is 0.880. The van der Waals surface area contributed by atoms with Gasteiger partial charge in [-0.05, 0) is 42.8 Å². The zero-order valence-corrected chi connectivity index (χ0v) is 15.8. The highest BCUT2D eigenvalue weighted by molar-refractivity contribution is 5.99. The van der Waals surface area contributed by atoms with Gasteiger partial charge < -0.3 is 10.1 Å². The summed E-state index contributed by atoms with van der Waals surface area (Å²) in [5, 5.41) is 7.05. The van der Waals surface area contributed by atoms with E-state index in [1.54, 1.807) is 41.2 Å². The minimum absolute atomic E-state index is 0.0768. The second-order valence-corrected chi connectivity index (χ2v) is 6.33. The lowest BCUT2D eigenvalue weighted by molar-refractivity contribution is -0.116. The largest absolute Gasteiger partial charge is 0.494 e. The van der Waals surface area contributed by atoms with Crippen LogP contribution in [0.2, 0.25) is 0 Å². The van der Waals surface area contributed by atoms with Crippen LogP contribution < -0.4 is 10.1 Å². The van der Waals surface area contributed by atoms with Gasteiger partial charge in [0, 0.05) is 30.7 Å². The van der Waals surface area contributed by atoms with Crippen molar-refractivity contribution in [3.63, 3.8) is 0 Å². The predicted molar refractivity (Wildman–Crippen MR) is 108 cm³/mol. The third-order valence-corrected chi connectivity index (χ3v) is 4.11. The number of nitrogens with zero attached hydrogens (tertiary/aromatic N) is 2. The van der Waals surface area contributed by atoms with Crippen LogP contribution in [0.25, 0.3) is 5.69 Å². The molecule has 28 heavy (non-hydrogen) atoms. The van der Waals surface area contributed by atoms with Crippen LogP contribution in [-0.4, -0.2) is 28.1 Å². The van der Waals surface area contributed by atoms with Crippen molar-refractivity contribution in [3.8, 4) is 11.4 Å². The van der Waals surface area contributed by atoms with Crippen LogP contribution in [0, 0.1) is 0 Å². The summed E-state index contributed by atoms with van der Waals surface area (Å²) < 4.78 is 7.19. The lowest BCUT2D eigenvalue weighted by atomic mass is 10.1. The topological polar surface area (TPSA) is 73.2 Å². The summed E-state index contributed by atoms with van der Waals surface area (Å²) in [6.07, 6.45) is 2.95. The van der Waals surface area contributed by atoms with Crippen LogP contribution in [0.15, 0.2) is 66.9 Å². The molecule has 0 fully saturated rings. The molecule has 3 aromatic rings. The van der Waals surface area contributed by atoms with Gasteiger partial charge in [0.05, 0.1) is 12.3 Å². The number of benzene rings is 2. The minimum Gasteiger partial charge on any atom is -0.494 e. The summed E-state index contributed by atoms with van der Waals surface area (Å²) in [6.45, 7) is 2.68. The van der Waals surface area contributed by atoms with Crippen molar-refractivity contribution < 1.29 is 14.3 Å². The zero-order chi connectivity index (χ0) is 19.8. The molecule has 2 aromatic carbocycles. The van der Waals surface area contributed by atoms with Crippen molar-refractivity contribution in [3.05, 3.63) is 72.4 Å². The number of nitrogens with one attached hydrogen (secondary N) is 1. The Morgan fingerprint density at radius 3 is 2.46 bits per heavy atom. The minimum atomic E-state index is -0.241. The van der Waals surface area contributed by atoms with E-state index < -0.39 is 0 Å². The molecule has 0 radical (unpaired) electrons. The average molecular weight is 377 g/mol. The molecular formula is C22H23N3O3. The molecule has 1 amide bonds. The predicted octanol–water partition coefficient (Wildman–Crippen LogP) is 4.26. The Morgan fingerprint density at radius 2 is 1.75 bits per heavy atom. The van der Waals surface area contributed by atoms with Crippen molar-refractivity contribution in [2.75, 3.05) is 11.9 Å². The van der Waals surface area contributed by atoms with Gasteiger partial charge in [-0.25, -0.2) is 4.68 Å². The van der Waals surface area contributed by atoms with E-state index in [9.17, 15) is 9.59 Å². The Labute approximate surface area is 164 Å². The number of carbonyl (C=O) groups is 2. The Morgan fingerprint density at radius 1 is 1.00 bits per heavy atom. The first-order valence-corrected chi connectivity index (χ1v) is 9.32. The highest BCUT2D eigenvalue weighted by Crippen LogP contribution is 2.15. The zero-order valence-electron chi connectivity index (χ0n) is 15.8. The van der Waals surface area contributed by atoms with Crippen molar-refractivity contribution in [1.82, 2.24) is 9.78 Å². The summed E-state index contributed by atoms with van der Waals surface area (Å²) >= 11 is 0. The molecule has 0 aliphatic heterocycles. The number of amides is 1. The highest BCUT2D eigenvalue weighted by Gasteiger charge is 2.11. The first kappa shape index (κ1) is 19.4. The molecular weight excluding hydrogens is 354 g/mol. The van der Waals surface area contributed by atoms with E-state index in [4.69, 9.17) is 4.74 Å². The molecule has 0 unspecified atom stereocenters. The molecule has 0 aliphatic carbocycles. The molecule has 144 valence electrons. The molecule has 0 spiro atoms. The van der Waals surface area contributed by atoms with E-state index >= 15 is 0 Å². The molecule has 0 atom stereocenters. The molecule has 0 saturated carbocycles. The summed E-state index contributed by atoms with van der Waals surface area (Å²) in [6, 6.07) is 18.4. The lowest BCUT2D eigenvalue weighted by Crippen LogP contribution is -2.14. The number of hydrogen-bond acceptors (Lipinski definition) is 4. The standard InChI is InChI=1S/C22H23N3O3/c1-2-16-28-19-10-8-17(9-11-19)20(26)12-13-22(27)23-21-14-15-25(24-21)18-6-4-3-5-7-18/h3-11,14-15H,2,12-13,16H2,1H3,(H,23,24,27). The van der Waals surface area contributed by atoms with Crippen molar-refractivity contribution in [1.29, 1.82) is 0 Å². The highest BCUT2D eigenvalue weighted by atomic mass is 16.5. The van der Waals surface area contributed by atoms with Crippen LogP contribution in [0.4, 0.5) is 5.82 Å². The quantitative estimate of drug-likeness (QED) is 0.566. The number of para-hydroxylation sites is 1. The number of aromatic nitrogens is 2. The van der Waals surface area contributed by atoms with Gasteiger partial charge in [-0.3, -0.25) is 9.59 Å². The first-order chi connectivity index (χ1) is 13.7. The maximum absolute atomic E-state index is 12.3. The summed E-state index contributed by atoms with van der Waals surface area (Å²) in [4.78, 5) is 24.4. The van der Waals surface area contributed by atoms with Crippen LogP contribution in [0.3, 0.4) is 0 Å². The van der Waals surface area contributed by atoms with Crippen LogP contribution in [0.5, 0.6) is 5.75 Å². The van der Waals surface area contributed by atoms with Crippen molar-refractivity contribution in [2.24, 2.45) is 0 Å². The van der Waals surface area contributed by atoms with Gasteiger partial charge >= 0.3 is 0 Å². The summed E-state index contributed by atoms with van der Waals surface area (Å²) in [7, 11) is 0. The van der Waals surface area contributed by atoms with E-state index in [1.807, 2.05) is 37.3 Å². The van der Waals surface area contributed by atoms with Gasteiger partial charge in [0.15, 0.2) is 11.6 Å². The van der Waals surface area contributed by atoms with Crippen molar-refractivity contribution >= 4 is 17.5 Å². The molecule has 0 aliphatic rings. The second-order valence-electron chi connectivity index (χ2n) is 6.33. The first-order valence-electron chi connectivity index (χ1n) is 9.32. The SMILES string of the molecule is CCCOc1ccc(C(=O)CCC(=O)Nc2ccn(-c3ccccc3)n2)cc1. The number of hydrogen-bond donors (Lipinski definition) is 1. The molecule has 0 bridgehead atoms. The molecule has 1 heterocycles. The van der Waals surface area contributed by atoms with Crippen LogP contribution >= 0.6 is 0 Å². The van der Waals surface area contributed by atoms with Crippen molar-refractivity contribution in [2.45, 2.75) is 26.2 Å². The Hall–Kier alpha value is -3.41. The van der Waals surface area contributed by atoms with Crippen LogP contribution in [-0.2, 0) is 4.79 Å². The molecule has 1 N–H and O–H groups in total. The van der Waals surface area contributed by atoms with E-state index in [0.29, 0.717) is 18.0 Å². The summed E-state index contributed by atoms with van der Waals surface area (Å²) in [5.41, 5.74) is 1.48. The molecule has 1 aromatic heterocycles. The number of rotatable bonds is 9. The van der Waals surface area contributed by atoms with E-state index in [1.165, 1.54) is 0 Å². The maximum atomic E-state index is 12.3.